The number of fused-ring (bicyclic) bond motifs is 1. The summed E-state index contributed by atoms with van der Waals surface area (Å²) in [5, 5.41) is 15.1. The molecule has 0 unspecified atom stereocenters. The molecule has 25 heavy (non-hydrogen) atoms. The number of carbonyl (C=O) groups excluding carboxylic acids is 2. The van der Waals surface area contributed by atoms with Crippen LogP contribution in [0.1, 0.15) is 18.4 Å². The number of hydrogen-bond acceptors (Lipinski definition) is 5. The minimum Gasteiger partial charge on any atom is -0.504 e. The van der Waals surface area contributed by atoms with Gasteiger partial charge in [0.25, 0.3) is 11.8 Å². The summed E-state index contributed by atoms with van der Waals surface area (Å²) in [6.45, 7) is 0. The lowest BCUT2D eigenvalue weighted by Gasteiger charge is -2.37. The number of allylic oxidation sites excluding steroid dienone is 2. The summed E-state index contributed by atoms with van der Waals surface area (Å²) in [6.07, 6.45) is 7.56. The summed E-state index contributed by atoms with van der Waals surface area (Å²) in [6, 6.07) is 3.33. The van der Waals surface area contributed by atoms with Gasteiger partial charge in [-0.25, -0.2) is 0 Å². The van der Waals surface area contributed by atoms with Gasteiger partial charge in [0.05, 0.1) is 28.7 Å². The van der Waals surface area contributed by atoms with Crippen LogP contribution in [-0.2, 0) is 9.59 Å². The SMILES string of the molecule is COc1cc(/C=N\N2C(=O)[C@@H]3[C@@H](C2=O)[C@H]2C=C[C@@H]3CC2)cc(I)c1O. The van der Waals surface area contributed by atoms with Crippen LogP contribution in [0.3, 0.4) is 0 Å². The van der Waals surface area contributed by atoms with Crippen molar-refractivity contribution in [1.29, 1.82) is 0 Å². The Morgan fingerprint density at radius 2 is 1.80 bits per heavy atom. The summed E-state index contributed by atoms with van der Waals surface area (Å²) in [5.74, 6) is -0.240. The van der Waals surface area contributed by atoms with Gasteiger partial charge in [0.2, 0.25) is 0 Å². The van der Waals surface area contributed by atoms with Crippen molar-refractivity contribution in [3.05, 3.63) is 33.4 Å². The highest BCUT2D eigenvalue weighted by Crippen LogP contribution is 2.49. The van der Waals surface area contributed by atoms with E-state index in [9.17, 15) is 14.7 Å². The Hall–Kier alpha value is -1.90. The van der Waals surface area contributed by atoms with E-state index in [4.69, 9.17) is 4.74 Å². The van der Waals surface area contributed by atoms with E-state index < -0.39 is 0 Å². The van der Waals surface area contributed by atoms with Crippen LogP contribution in [0.25, 0.3) is 0 Å². The first-order chi connectivity index (χ1) is 12.0. The molecule has 1 N–H and O–H groups in total. The number of halogens is 1. The number of carbonyl (C=O) groups is 2. The van der Waals surface area contributed by atoms with Gasteiger partial charge in [-0.15, -0.1) is 0 Å². The molecule has 7 heteroatoms. The quantitative estimate of drug-likeness (QED) is 0.331. The van der Waals surface area contributed by atoms with Crippen molar-refractivity contribution < 1.29 is 19.4 Å². The van der Waals surface area contributed by atoms with Gasteiger partial charge in [-0.1, -0.05) is 12.2 Å². The fraction of sp³-hybridized carbons (Fsp3) is 0.389. The Bertz CT molecular complexity index is 788. The van der Waals surface area contributed by atoms with Gasteiger partial charge in [-0.2, -0.15) is 10.1 Å². The van der Waals surface area contributed by atoms with E-state index in [0.717, 1.165) is 17.9 Å². The van der Waals surface area contributed by atoms with Crippen molar-refractivity contribution in [3.63, 3.8) is 0 Å². The number of phenols is 1. The molecule has 4 aliphatic rings. The number of amides is 2. The lowest BCUT2D eigenvalue weighted by Crippen LogP contribution is -2.38. The fourth-order valence-corrected chi connectivity index (χ4v) is 4.75. The number of methoxy groups -OCH3 is 1. The molecule has 1 saturated carbocycles. The molecule has 1 saturated heterocycles. The number of rotatable bonds is 3. The molecule has 5 rings (SSSR count). The largest absolute Gasteiger partial charge is 0.504 e. The van der Waals surface area contributed by atoms with Gasteiger partial charge < -0.3 is 9.84 Å². The highest BCUT2D eigenvalue weighted by atomic mass is 127. The standard InChI is InChI=1S/C18H17IN2O4/c1-25-13-7-9(6-12(19)16(13)22)8-20-21-17(23)14-10-2-3-11(5-4-10)15(14)18(21)24/h2-3,6-8,10-11,14-15,22H,4-5H2,1H3/b20-8-/t10-,11+,14-,15-/m0/s1. The molecular formula is C18H17IN2O4. The van der Waals surface area contributed by atoms with E-state index in [1.54, 1.807) is 12.1 Å². The van der Waals surface area contributed by atoms with Gasteiger partial charge in [0.15, 0.2) is 11.5 Å². The average Bonchev–Trinajstić information content (AvgIpc) is 2.90. The summed E-state index contributed by atoms with van der Waals surface area (Å²) in [7, 11) is 1.47. The van der Waals surface area contributed by atoms with Crippen LogP contribution in [0.5, 0.6) is 11.5 Å². The zero-order valence-corrected chi connectivity index (χ0v) is 15.7. The molecule has 1 aliphatic heterocycles. The lowest BCUT2D eigenvalue weighted by atomic mass is 9.63. The Labute approximate surface area is 158 Å². The van der Waals surface area contributed by atoms with E-state index in [0.29, 0.717) is 14.9 Å². The van der Waals surface area contributed by atoms with E-state index >= 15 is 0 Å². The van der Waals surface area contributed by atoms with Crippen LogP contribution < -0.4 is 4.74 Å². The number of phenolic OH excluding ortho intramolecular Hbond substituents is 1. The molecule has 0 aromatic heterocycles. The van der Waals surface area contributed by atoms with Gasteiger partial charge in [0.1, 0.15) is 0 Å². The zero-order valence-electron chi connectivity index (χ0n) is 13.6. The topological polar surface area (TPSA) is 79.2 Å². The third-order valence-electron chi connectivity index (χ3n) is 5.33. The van der Waals surface area contributed by atoms with Crippen LogP contribution in [0.4, 0.5) is 0 Å². The van der Waals surface area contributed by atoms with Crippen LogP contribution in [0, 0.1) is 27.2 Å². The molecule has 1 heterocycles. The number of hydrogen-bond donors (Lipinski definition) is 1. The minimum absolute atomic E-state index is 0.0576. The van der Waals surface area contributed by atoms with Crippen molar-refractivity contribution >= 4 is 40.6 Å². The lowest BCUT2D eigenvalue weighted by molar-refractivity contribution is -0.140. The third kappa shape index (κ3) is 2.56. The number of ether oxygens (including phenoxy) is 1. The predicted octanol–water partition coefficient (Wildman–Crippen LogP) is 2.54. The van der Waals surface area contributed by atoms with Crippen LogP contribution in [-0.4, -0.2) is 35.3 Å². The Kier molecular flexibility index (Phi) is 4.05. The van der Waals surface area contributed by atoms with Crippen LogP contribution in [0.2, 0.25) is 0 Å². The smallest absolute Gasteiger partial charge is 0.254 e. The molecule has 0 radical (unpaired) electrons. The minimum atomic E-state index is -0.261. The fourth-order valence-electron chi connectivity index (χ4n) is 4.12. The predicted molar refractivity (Wildman–Crippen MR) is 99.2 cm³/mol. The molecule has 2 amide bonds. The number of benzene rings is 1. The van der Waals surface area contributed by atoms with Crippen molar-refractivity contribution in [1.82, 2.24) is 5.01 Å². The number of aromatic hydroxyl groups is 1. The number of hydrazone groups is 1. The Balaban J connectivity index is 1.62. The third-order valence-corrected chi connectivity index (χ3v) is 6.15. The Morgan fingerprint density at radius 1 is 1.20 bits per heavy atom. The van der Waals surface area contributed by atoms with Crippen molar-refractivity contribution in [2.24, 2.45) is 28.8 Å². The molecular weight excluding hydrogens is 435 g/mol. The van der Waals surface area contributed by atoms with Crippen molar-refractivity contribution in [2.75, 3.05) is 7.11 Å². The maximum absolute atomic E-state index is 12.7. The van der Waals surface area contributed by atoms with Crippen LogP contribution >= 0.6 is 22.6 Å². The van der Waals surface area contributed by atoms with Gasteiger partial charge in [-0.3, -0.25) is 9.59 Å². The monoisotopic (exact) mass is 452 g/mol. The van der Waals surface area contributed by atoms with Crippen LogP contribution in [0.15, 0.2) is 29.4 Å². The van der Waals surface area contributed by atoms with Crippen molar-refractivity contribution in [3.8, 4) is 11.5 Å². The number of nitrogens with zero attached hydrogens (tertiary/aromatic N) is 2. The summed E-state index contributed by atoms with van der Waals surface area (Å²) in [4.78, 5) is 25.4. The molecule has 130 valence electrons. The maximum Gasteiger partial charge on any atom is 0.254 e. The molecule has 2 bridgehead atoms. The highest BCUT2D eigenvalue weighted by Gasteiger charge is 2.56. The molecule has 6 nitrogen and oxygen atoms in total. The molecule has 0 spiro atoms. The molecule has 4 atom stereocenters. The van der Waals surface area contributed by atoms with Gasteiger partial charge in [0, 0.05) is 0 Å². The first-order valence-corrected chi connectivity index (χ1v) is 9.25. The van der Waals surface area contributed by atoms with E-state index in [1.807, 2.05) is 22.6 Å². The Morgan fingerprint density at radius 3 is 2.32 bits per heavy atom. The first-order valence-electron chi connectivity index (χ1n) is 8.18. The van der Waals surface area contributed by atoms with Gasteiger partial charge >= 0.3 is 0 Å². The zero-order chi connectivity index (χ0) is 17.7. The molecule has 1 aromatic carbocycles. The second kappa shape index (κ2) is 6.12. The number of imide groups is 1. The summed E-state index contributed by atoms with van der Waals surface area (Å²) >= 11 is 1.99. The summed E-state index contributed by atoms with van der Waals surface area (Å²) < 4.78 is 5.73. The van der Waals surface area contributed by atoms with Gasteiger partial charge in [-0.05, 0) is 65.0 Å². The second-order valence-electron chi connectivity index (χ2n) is 6.63. The maximum atomic E-state index is 12.7. The second-order valence-corrected chi connectivity index (χ2v) is 7.79. The molecule has 3 aliphatic carbocycles. The van der Waals surface area contributed by atoms with E-state index in [-0.39, 0.29) is 41.2 Å². The molecule has 1 aromatic rings. The van der Waals surface area contributed by atoms with E-state index in [2.05, 4.69) is 17.3 Å². The average molecular weight is 452 g/mol. The van der Waals surface area contributed by atoms with E-state index in [1.165, 1.54) is 13.3 Å². The molecule has 2 fully saturated rings. The summed E-state index contributed by atoms with van der Waals surface area (Å²) in [5.41, 5.74) is 0.649. The normalized spacial score (nSPS) is 30.4. The van der Waals surface area contributed by atoms with Crippen molar-refractivity contribution in [2.45, 2.75) is 12.8 Å². The first kappa shape index (κ1) is 16.6. The highest BCUT2D eigenvalue weighted by molar-refractivity contribution is 14.1.